The maximum Gasteiger partial charge on any atom is 0.209 e. The molecule has 2 fully saturated rings. The van der Waals surface area contributed by atoms with Gasteiger partial charge in [0.15, 0.2) is 6.19 Å². The Morgan fingerprint density at radius 3 is 2.70 bits per heavy atom. The van der Waals surface area contributed by atoms with Crippen LogP contribution in [0.1, 0.15) is 38.2 Å². The van der Waals surface area contributed by atoms with Crippen molar-refractivity contribution in [3.63, 3.8) is 0 Å². The van der Waals surface area contributed by atoms with Gasteiger partial charge in [-0.15, -0.1) is 0 Å². The topological polar surface area (TPSA) is 103 Å². The summed E-state index contributed by atoms with van der Waals surface area (Å²) in [6.07, 6.45) is 7.81. The van der Waals surface area contributed by atoms with Crippen molar-refractivity contribution >= 4 is 40.7 Å². The molecule has 0 radical (unpaired) electrons. The number of benzene rings is 1. The number of aromatic nitrogens is 1. The Morgan fingerprint density at radius 1 is 1.23 bits per heavy atom. The highest BCUT2D eigenvalue weighted by atomic mass is 35.5. The van der Waals surface area contributed by atoms with E-state index in [0.717, 1.165) is 64.2 Å². The van der Waals surface area contributed by atoms with Crippen LogP contribution in [-0.2, 0) is 6.54 Å². The van der Waals surface area contributed by atoms with Crippen LogP contribution in [0.4, 0.5) is 15.9 Å². The van der Waals surface area contributed by atoms with Crippen LogP contribution in [0, 0.1) is 17.3 Å². The zero-order chi connectivity index (χ0) is 28.5. The monoisotopic (exact) mass is 590 g/mol. The molecule has 1 aromatic carbocycles. The molecule has 1 atom stereocenters. The van der Waals surface area contributed by atoms with Crippen molar-refractivity contribution in [2.75, 3.05) is 56.1 Å². The highest BCUT2D eigenvalue weighted by molar-refractivity contribution is 6.33. The normalized spacial score (nSPS) is 19.4. The van der Waals surface area contributed by atoms with Crippen LogP contribution >= 0.6 is 23.2 Å². The van der Waals surface area contributed by atoms with Gasteiger partial charge in [-0.25, -0.2) is 14.4 Å². The fourth-order valence-electron chi connectivity index (χ4n) is 5.63. The number of aliphatic hydroxyl groups is 1. The quantitative estimate of drug-likeness (QED) is 0.172. The van der Waals surface area contributed by atoms with Gasteiger partial charge in [0.05, 0.1) is 30.1 Å². The van der Waals surface area contributed by atoms with Crippen LogP contribution < -0.4 is 15.5 Å². The number of anilines is 2. The average Bonchev–Trinajstić information content (AvgIpc) is 2.94. The standard InChI is InChI=1S/C28H37Cl2FN8O/c1-2-3-24-18-38(27-25(30)15-22(16-34-27)36-28(35-19-32)33-8-13-40)11-12-39(24)23-6-9-37(10-7-23)17-20-4-5-21(29)14-26(20)31/h4-5,14-16,23-24,40H,2-3,6-13,17-18H2,1H3,(H2,33,35,36)/t24-/m0/s1. The van der Waals surface area contributed by atoms with Crippen LogP contribution in [0.2, 0.25) is 10.0 Å². The average molecular weight is 592 g/mol. The van der Waals surface area contributed by atoms with Crippen LogP contribution in [0.15, 0.2) is 35.5 Å². The molecule has 2 aliphatic rings. The Bertz CT molecular complexity index is 1200. The molecule has 216 valence electrons. The number of guanidine groups is 1. The third-order valence-electron chi connectivity index (χ3n) is 7.51. The molecule has 40 heavy (non-hydrogen) atoms. The van der Waals surface area contributed by atoms with Crippen molar-refractivity contribution in [1.29, 1.82) is 5.26 Å². The van der Waals surface area contributed by atoms with E-state index < -0.39 is 0 Å². The van der Waals surface area contributed by atoms with Gasteiger partial charge in [0, 0.05) is 48.8 Å². The van der Waals surface area contributed by atoms with Gasteiger partial charge in [-0.1, -0.05) is 42.6 Å². The van der Waals surface area contributed by atoms with Crippen LogP contribution in [0.3, 0.4) is 0 Å². The predicted molar refractivity (Wildman–Crippen MR) is 158 cm³/mol. The lowest BCUT2D eigenvalue weighted by molar-refractivity contribution is 0.0587. The molecular formula is C28H37Cl2FN8O. The van der Waals surface area contributed by atoms with E-state index in [1.165, 1.54) is 6.07 Å². The summed E-state index contributed by atoms with van der Waals surface area (Å²) in [5, 5.41) is 24.4. The Balaban J connectivity index is 1.36. The smallest absolute Gasteiger partial charge is 0.209 e. The third kappa shape index (κ3) is 7.95. The van der Waals surface area contributed by atoms with Crippen molar-refractivity contribution in [3.8, 4) is 6.19 Å². The molecule has 0 saturated carbocycles. The Hall–Kier alpha value is -2.68. The zero-order valence-electron chi connectivity index (χ0n) is 22.8. The van der Waals surface area contributed by atoms with E-state index in [0.29, 0.717) is 39.9 Å². The number of aliphatic hydroxyl groups excluding tert-OH is 1. The van der Waals surface area contributed by atoms with Crippen LogP contribution in [-0.4, -0.2) is 83.8 Å². The highest BCUT2D eigenvalue weighted by Gasteiger charge is 2.34. The van der Waals surface area contributed by atoms with E-state index in [-0.39, 0.29) is 24.9 Å². The Labute approximate surface area is 245 Å². The number of pyridine rings is 1. The number of hydrogen-bond donors (Lipinski definition) is 3. The molecule has 3 heterocycles. The molecule has 9 nitrogen and oxygen atoms in total. The third-order valence-corrected chi connectivity index (χ3v) is 8.03. The largest absolute Gasteiger partial charge is 0.394 e. The van der Waals surface area contributed by atoms with Gasteiger partial charge < -0.3 is 15.3 Å². The summed E-state index contributed by atoms with van der Waals surface area (Å²) >= 11 is 12.6. The van der Waals surface area contributed by atoms with E-state index in [1.807, 2.05) is 6.19 Å². The summed E-state index contributed by atoms with van der Waals surface area (Å²) in [7, 11) is 0. The molecular weight excluding hydrogens is 554 g/mol. The lowest BCUT2D eigenvalue weighted by Gasteiger charge is -2.48. The molecule has 3 N–H and O–H groups in total. The molecule has 0 spiro atoms. The molecule has 0 bridgehead atoms. The van der Waals surface area contributed by atoms with Crippen molar-refractivity contribution < 1.29 is 9.50 Å². The van der Waals surface area contributed by atoms with Gasteiger partial charge in [0.1, 0.15) is 11.6 Å². The molecule has 0 unspecified atom stereocenters. The lowest BCUT2D eigenvalue weighted by Crippen LogP contribution is -2.58. The van der Waals surface area contributed by atoms with Crippen molar-refractivity contribution in [2.45, 2.75) is 51.2 Å². The number of hydrogen-bond acceptors (Lipinski definition) is 7. The number of piperazine rings is 1. The van der Waals surface area contributed by atoms with Gasteiger partial charge >= 0.3 is 0 Å². The van der Waals surface area contributed by atoms with Crippen LogP contribution in [0.5, 0.6) is 0 Å². The molecule has 12 heteroatoms. The lowest BCUT2D eigenvalue weighted by atomic mass is 9.97. The minimum absolute atomic E-state index is 0.121. The SMILES string of the molecule is CCC[C@H]1CN(c2ncc(NC(=NCCO)NC#N)cc2Cl)CCN1C1CCN(Cc2ccc(Cl)cc2F)CC1. The zero-order valence-corrected chi connectivity index (χ0v) is 24.3. The summed E-state index contributed by atoms with van der Waals surface area (Å²) in [5.74, 6) is 0.733. The minimum Gasteiger partial charge on any atom is -0.394 e. The van der Waals surface area contributed by atoms with Crippen LogP contribution in [0.25, 0.3) is 0 Å². The Morgan fingerprint density at radius 2 is 2.02 bits per heavy atom. The number of aliphatic imine (C=N–C) groups is 1. The van der Waals surface area contributed by atoms with E-state index in [9.17, 15) is 4.39 Å². The number of nitrogens with one attached hydrogen (secondary N) is 2. The fraction of sp³-hybridized carbons (Fsp3) is 0.536. The first kappa shape index (κ1) is 30.3. The summed E-state index contributed by atoms with van der Waals surface area (Å²) in [4.78, 5) is 16.0. The molecule has 4 rings (SSSR count). The summed E-state index contributed by atoms with van der Waals surface area (Å²) < 4.78 is 14.3. The van der Waals surface area contributed by atoms with E-state index in [4.69, 9.17) is 33.6 Å². The second-order valence-corrected chi connectivity index (χ2v) is 11.1. The maximum absolute atomic E-state index is 14.3. The van der Waals surface area contributed by atoms with Gasteiger partial charge in [-0.2, -0.15) is 5.26 Å². The number of piperidine rings is 1. The number of likely N-dealkylation sites (tertiary alicyclic amines) is 1. The minimum atomic E-state index is -0.237. The first-order valence-corrected chi connectivity index (χ1v) is 14.6. The van der Waals surface area contributed by atoms with Gasteiger partial charge in [0.25, 0.3) is 0 Å². The summed E-state index contributed by atoms with van der Waals surface area (Å²) in [6.45, 7) is 7.37. The van der Waals surface area contributed by atoms with E-state index in [1.54, 1.807) is 24.4 Å². The molecule has 2 aliphatic heterocycles. The van der Waals surface area contributed by atoms with E-state index >= 15 is 0 Å². The first-order chi connectivity index (χ1) is 19.4. The fourth-order valence-corrected chi connectivity index (χ4v) is 6.07. The van der Waals surface area contributed by atoms with Crippen molar-refractivity contribution in [3.05, 3.63) is 51.9 Å². The number of nitriles is 1. The first-order valence-electron chi connectivity index (χ1n) is 13.8. The van der Waals surface area contributed by atoms with Crippen molar-refractivity contribution in [1.82, 2.24) is 20.1 Å². The van der Waals surface area contributed by atoms with Crippen molar-refractivity contribution in [2.24, 2.45) is 4.99 Å². The molecule has 0 aliphatic carbocycles. The Kier molecular flexibility index (Phi) is 11.2. The second kappa shape index (κ2) is 14.8. The highest BCUT2D eigenvalue weighted by Crippen LogP contribution is 2.31. The summed E-state index contributed by atoms with van der Waals surface area (Å²) in [6, 6.07) is 7.61. The molecule has 2 aromatic rings. The van der Waals surface area contributed by atoms with Gasteiger partial charge in [-0.3, -0.25) is 15.1 Å². The van der Waals surface area contributed by atoms with E-state index in [2.05, 4.69) is 42.2 Å². The number of halogens is 3. The maximum atomic E-state index is 14.3. The number of nitrogens with zero attached hydrogens (tertiary/aromatic N) is 6. The molecule has 0 amide bonds. The summed E-state index contributed by atoms with van der Waals surface area (Å²) in [5.41, 5.74) is 1.29. The molecule has 1 aromatic heterocycles. The predicted octanol–water partition coefficient (Wildman–Crippen LogP) is 4.31. The van der Waals surface area contributed by atoms with Gasteiger partial charge in [-0.05, 0) is 50.6 Å². The number of rotatable bonds is 9. The molecule has 2 saturated heterocycles. The van der Waals surface area contributed by atoms with Gasteiger partial charge in [0.2, 0.25) is 5.96 Å². The second-order valence-electron chi connectivity index (χ2n) is 10.2.